The first-order valence-corrected chi connectivity index (χ1v) is 3.15. The quantitative estimate of drug-likeness (QED) is 0.492. The van der Waals surface area contributed by atoms with E-state index in [0.717, 1.165) is 5.37 Å². The maximum atomic E-state index is 9.69. The minimum atomic E-state index is -2.28. The van der Waals surface area contributed by atoms with Gasteiger partial charge in [0, 0.05) is 0 Å². The van der Waals surface area contributed by atoms with Crippen molar-refractivity contribution in [2.24, 2.45) is 0 Å². The molecule has 9 heavy (non-hydrogen) atoms. The number of rotatable bonds is 2. The smallest absolute Gasteiger partial charge is 0.404 e. The minimum absolute atomic E-state index is 0.175. The molecule has 0 aliphatic carbocycles. The fourth-order valence-corrected chi connectivity index (χ4v) is 0.416. The Morgan fingerprint density at radius 2 is 2.22 bits per heavy atom. The number of carboxylic acid groups (broad SMARTS) is 1. The molecule has 0 aliphatic heterocycles. The fourth-order valence-electron chi connectivity index (χ4n) is 0.197. The van der Waals surface area contributed by atoms with Crippen molar-refractivity contribution in [1.82, 2.24) is 5.32 Å². The summed E-state index contributed by atoms with van der Waals surface area (Å²) >= 11 is 0. The van der Waals surface area contributed by atoms with Gasteiger partial charge in [-0.3, -0.25) is 0 Å². The van der Waals surface area contributed by atoms with Gasteiger partial charge in [-0.2, -0.15) is 8.42 Å². The highest BCUT2D eigenvalue weighted by Crippen LogP contribution is 1.55. The van der Waals surface area contributed by atoms with Gasteiger partial charge in [0.1, 0.15) is 0 Å². The lowest BCUT2D eigenvalue weighted by Crippen LogP contribution is -2.22. The molecule has 0 atom stereocenters. The third kappa shape index (κ3) is 6.96. The van der Waals surface area contributed by atoms with E-state index in [-0.39, 0.29) is 6.54 Å². The summed E-state index contributed by atoms with van der Waals surface area (Å²) in [4.78, 5) is 9.65. The average Bonchev–Trinajstić information content (AvgIpc) is 1.63. The van der Waals surface area contributed by atoms with Gasteiger partial charge in [-0.05, 0) is 0 Å². The van der Waals surface area contributed by atoms with Gasteiger partial charge in [-0.15, -0.1) is 0 Å². The van der Waals surface area contributed by atoms with E-state index in [1.54, 1.807) is 0 Å². The van der Waals surface area contributed by atoms with Gasteiger partial charge in [0.15, 0.2) is 0 Å². The van der Waals surface area contributed by atoms with Crippen molar-refractivity contribution in [2.75, 3.05) is 6.54 Å². The number of nitrogens with one attached hydrogen (secondary N) is 1. The van der Waals surface area contributed by atoms with Crippen molar-refractivity contribution < 1.29 is 18.3 Å². The number of carbonyl (C=O) groups is 1. The molecular formula is C3H5NO4S. The van der Waals surface area contributed by atoms with Crippen LogP contribution in [-0.2, 0) is 10.3 Å². The molecule has 0 spiro atoms. The van der Waals surface area contributed by atoms with E-state index >= 15 is 0 Å². The highest BCUT2D eigenvalue weighted by atomic mass is 32.2. The highest BCUT2D eigenvalue weighted by molar-refractivity contribution is 7.71. The van der Waals surface area contributed by atoms with Crippen LogP contribution < -0.4 is 5.32 Å². The summed E-state index contributed by atoms with van der Waals surface area (Å²) in [7, 11) is -2.28. The Morgan fingerprint density at radius 3 is 2.56 bits per heavy atom. The normalized spacial score (nSPS) is 8.00. The van der Waals surface area contributed by atoms with Crippen LogP contribution in [0.15, 0.2) is 0 Å². The van der Waals surface area contributed by atoms with Crippen LogP contribution in [0, 0.1) is 0 Å². The van der Waals surface area contributed by atoms with E-state index in [1.165, 1.54) is 0 Å². The summed E-state index contributed by atoms with van der Waals surface area (Å²) in [6, 6.07) is 0. The van der Waals surface area contributed by atoms with Crippen LogP contribution in [0.1, 0.15) is 0 Å². The van der Waals surface area contributed by atoms with E-state index < -0.39 is 16.4 Å². The van der Waals surface area contributed by atoms with E-state index in [9.17, 15) is 13.2 Å². The molecule has 0 saturated carbocycles. The van der Waals surface area contributed by atoms with Crippen molar-refractivity contribution >= 4 is 21.8 Å². The molecule has 0 unspecified atom stereocenters. The molecule has 5 nitrogen and oxygen atoms in total. The van der Waals surface area contributed by atoms with Crippen LogP contribution in [0.4, 0.5) is 4.79 Å². The van der Waals surface area contributed by atoms with Crippen molar-refractivity contribution in [3.05, 3.63) is 0 Å². The molecule has 0 saturated heterocycles. The fraction of sp³-hybridized carbons (Fsp3) is 0.333. The van der Waals surface area contributed by atoms with Gasteiger partial charge in [-0.1, -0.05) is 0 Å². The summed E-state index contributed by atoms with van der Waals surface area (Å²) in [5.41, 5.74) is 0. The molecule has 0 fully saturated rings. The van der Waals surface area contributed by atoms with Crippen molar-refractivity contribution in [1.29, 1.82) is 0 Å². The van der Waals surface area contributed by atoms with Gasteiger partial charge >= 0.3 is 6.09 Å². The van der Waals surface area contributed by atoms with Gasteiger partial charge in [0.05, 0.1) is 11.9 Å². The van der Waals surface area contributed by atoms with E-state index in [2.05, 4.69) is 0 Å². The second-order valence-electron chi connectivity index (χ2n) is 1.11. The topological polar surface area (TPSA) is 83.5 Å². The number of hydrogen-bond donors (Lipinski definition) is 2. The molecular weight excluding hydrogens is 146 g/mol. The average molecular weight is 151 g/mol. The highest BCUT2D eigenvalue weighted by Gasteiger charge is 1.87. The van der Waals surface area contributed by atoms with Crippen molar-refractivity contribution in [3.8, 4) is 0 Å². The SMILES string of the molecule is O=C(O)NCC=S(=O)=O. The second-order valence-corrected chi connectivity index (χ2v) is 1.97. The maximum Gasteiger partial charge on any atom is 0.404 e. The molecule has 0 aromatic rings. The predicted octanol–water partition coefficient (Wildman–Crippen LogP) is -1.06. The Balaban J connectivity index is 3.55. The number of amides is 1. The Kier molecular flexibility index (Phi) is 3.45. The van der Waals surface area contributed by atoms with Crippen molar-refractivity contribution in [2.45, 2.75) is 0 Å². The van der Waals surface area contributed by atoms with Crippen LogP contribution in [0.25, 0.3) is 0 Å². The largest absolute Gasteiger partial charge is 0.465 e. The lowest BCUT2D eigenvalue weighted by atomic mass is 10.8. The Bertz CT molecular complexity index is 208. The zero-order valence-electron chi connectivity index (χ0n) is 4.36. The molecule has 2 N–H and O–H groups in total. The van der Waals surface area contributed by atoms with Crippen LogP contribution >= 0.6 is 0 Å². The molecule has 0 heterocycles. The zero-order chi connectivity index (χ0) is 7.28. The van der Waals surface area contributed by atoms with Crippen LogP contribution in [0.5, 0.6) is 0 Å². The summed E-state index contributed by atoms with van der Waals surface area (Å²) in [6.45, 7) is -0.175. The Morgan fingerprint density at radius 1 is 1.67 bits per heavy atom. The first kappa shape index (κ1) is 7.96. The standard InChI is InChI=1S/C3H5NO4S/c5-3(6)4-1-2-9(7)8/h2,4H,1H2,(H,5,6). The maximum absolute atomic E-state index is 9.69. The minimum Gasteiger partial charge on any atom is -0.465 e. The van der Waals surface area contributed by atoms with Gasteiger partial charge in [0.25, 0.3) is 0 Å². The van der Waals surface area contributed by atoms with Crippen LogP contribution in [-0.4, -0.2) is 31.5 Å². The van der Waals surface area contributed by atoms with Gasteiger partial charge in [0.2, 0.25) is 10.3 Å². The molecule has 6 heteroatoms. The molecule has 0 bridgehead atoms. The van der Waals surface area contributed by atoms with Crippen LogP contribution in [0.3, 0.4) is 0 Å². The van der Waals surface area contributed by atoms with E-state index in [0.29, 0.717) is 0 Å². The molecule has 1 amide bonds. The second kappa shape index (κ2) is 3.90. The first-order chi connectivity index (χ1) is 4.13. The van der Waals surface area contributed by atoms with Gasteiger partial charge < -0.3 is 10.4 Å². The molecule has 0 aromatic carbocycles. The molecule has 0 radical (unpaired) electrons. The predicted molar refractivity (Wildman–Crippen MR) is 31.0 cm³/mol. The first-order valence-electron chi connectivity index (χ1n) is 2.01. The molecule has 0 aliphatic rings. The summed E-state index contributed by atoms with van der Waals surface area (Å²) in [6.07, 6.45) is -1.24. The van der Waals surface area contributed by atoms with Crippen molar-refractivity contribution in [3.63, 3.8) is 0 Å². The number of hydrogen-bond acceptors (Lipinski definition) is 3. The summed E-state index contributed by atoms with van der Waals surface area (Å²) in [5, 5.41) is 10.6. The van der Waals surface area contributed by atoms with E-state index in [4.69, 9.17) is 5.11 Å². The summed E-state index contributed by atoms with van der Waals surface area (Å²) < 4.78 is 19.4. The van der Waals surface area contributed by atoms with E-state index in [1.807, 2.05) is 5.32 Å². The Labute approximate surface area is 52.8 Å². The molecule has 0 aromatic heterocycles. The van der Waals surface area contributed by atoms with Crippen LogP contribution in [0.2, 0.25) is 0 Å². The third-order valence-corrected chi connectivity index (χ3v) is 0.912. The monoisotopic (exact) mass is 151 g/mol. The molecule has 52 valence electrons. The third-order valence-electron chi connectivity index (χ3n) is 0.473. The Hall–Kier alpha value is -1.04. The lowest BCUT2D eigenvalue weighted by molar-refractivity contribution is 0.196. The molecule has 0 rings (SSSR count). The zero-order valence-corrected chi connectivity index (χ0v) is 5.18. The van der Waals surface area contributed by atoms with Gasteiger partial charge in [-0.25, -0.2) is 4.79 Å². The lowest BCUT2D eigenvalue weighted by Gasteiger charge is -1.87. The summed E-state index contributed by atoms with van der Waals surface area (Å²) in [5.74, 6) is 0.